The van der Waals surface area contributed by atoms with Crippen molar-refractivity contribution in [3.8, 4) is 0 Å². The highest BCUT2D eigenvalue weighted by Crippen LogP contribution is 2.07. The van der Waals surface area contributed by atoms with Gasteiger partial charge in [-0.1, -0.05) is 12.1 Å². The molecule has 2 aromatic rings. The van der Waals surface area contributed by atoms with Gasteiger partial charge in [-0.25, -0.2) is 9.97 Å². The van der Waals surface area contributed by atoms with Crippen molar-refractivity contribution in [2.75, 3.05) is 0 Å². The SMILES string of the molecule is O=C(NCc1cccc(I)c1)c1ncccn1. The summed E-state index contributed by atoms with van der Waals surface area (Å²) in [4.78, 5) is 19.4. The van der Waals surface area contributed by atoms with Crippen LogP contribution in [-0.4, -0.2) is 15.9 Å². The number of rotatable bonds is 3. The molecule has 1 N–H and O–H groups in total. The standard InChI is InChI=1S/C12H10IN3O/c13-10-4-1-3-9(7-10)8-16-12(17)11-14-5-2-6-15-11/h1-7H,8H2,(H,16,17). The number of carbonyl (C=O) groups excluding carboxylic acids is 1. The minimum Gasteiger partial charge on any atom is -0.345 e. The Labute approximate surface area is 113 Å². The van der Waals surface area contributed by atoms with E-state index in [1.807, 2.05) is 24.3 Å². The van der Waals surface area contributed by atoms with Crippen molar-refractivity contribution >= 4 is 28.5 Å². The van der Waals surface area contributed by atoms with Crippen LogP contribution in [0, 0.1) is 3.57 Å². The number of amides is 1. The van der Waals surface area contributed by atoms with Crippen molar-refractivity contribution in [1.29, 1.82) is 0 Å². The van der Waals surface area contributed by atoms with E-state index in [1.165, 1.54) is 0 Å². The van der Waals surface area contributed by atoms with Gasteiger partial charge in [0.15, 0.2) is 0 Å². The summed E-state index contributed by atoms with van der Waals surface area (Å²) in [7, 11) is 0. The Morgan fingerprint density at radius 2 is 2.00 bits per heavy atom. The molecular formula is C12H10IN3O. The highest BCUT2D eigenvalue weighted by molar-refractivity contribution is 14.1. The van der Waals surface area contributed by atoms with Crippen molar-refractivity contribution in [3.05, 3.63) is 57.7 Å². The second kappa shape index (κ2) is 5.72. The summed E-state index contributed by atoms with van der Waals surface area (Å²) in [6, 6.07) is 9.63. The smallest absolute Gasteiger partial charge is 0.289 e. The van der Waals surface area contributed by atoms with Crippen LogP contribution in [-0.2, 0) is 6.54 Å². The maximum absolute atomic E-state index is 11.7. The molecule has 0 saturated heterocycles. The highest BCUT2D eigenvalue weighted by Gasteiger charge is 2.06. The van der Waals surface area contributed by atoms with E-state index >= 15 is 0 Å². The molecule has 0 unspecified atom stereocenters. The summed E-state index contributed by atoms with van der Waals surface area (Å²) in [5, 5.41) is 2.78. The van der Waals surface area contributed by atoms with Gasteiger partial charge < -0.3 is 5.32 Å². The van der Waals surface area contributed by atoms with Gasteiger partial charge in [0, 0.05) is 22.5 Å². The summed E-state index contributed by atoms with van der Waals surface area (Å²) in [5.74, 6) is -0.0670. The van der Waals surface area contributed by atoms with Crippen LogP contribution in [0.15, 0.2) is 42.7 Å². The Morgan fingerprint density at radius 3 is 2.71 bits per heavy atom. The highest BCUT2D eigenvalue weighted by atomic mass is 127. The first-order chi connectivity index (χ1) is 8.25. The molecule has 0 fully saturated rings. The number of carbonyl (C=O) groups is 1. The van der Waals surface area contributed by atoms with Crippen molar-refractivity contribution in [3.63, 3.8) is 0 Å². The van der Waals surface area contributed by atoms with Crippen LogP contribution >= 0.6 is 22.6 Å². The molecule has 0 spiro atoms. The number of aromatic nitrogens is 2. The van der Waals surface area contributed by atoms with Crippen LogP contribution in [0.3, 0.4) is 0 Å². The lowest BCUT2D eigenvalue weighted by atomic mass is 10.2. The van der Waals surface area contributed by atoms with E-state index in [0.717, 1.165) is 9.13 Å². The monoisotopic (exact) mass is 339 g/mol. The predicted octanol–water partition coefficient (Wildman–Crippen LogP) is 2.01. The number of benzene rings is 1. The zero-order valence-electron chi connectivity index (χ0n) is 8.93. The maximum Gasteiger partial charge on any atom is 0.289 e. The Balaban J connectivity index is 1.97. The second-order valence-electron chi connectivity index (χ2n) is 3.38. The van der Waals surface area contributed by atoms with Crippen LogP contribution in [0.25, 0.3) is 0 Å². The maximum atomic E-state index is 11.7. The fourth-order valence-electron chi connectivity index (χ4n) is 1.32. The van der Waals surface area contributed by atoms with Crippen molar-refractivity contribution in [2.24, 2.45) is 0 Å². The molecule has 86 valence electrons. The minimum absolute atomic E-state index is 0.193. The third kappa shape index (κ3) is 3.48. The van der Waals surface area contributed by atoms with E-state index in [0.29, 0.717) is 6.54 Å². The van der Waals surface area contributed by atoms with Gasteiger partial charge >= 0.3 is 0 Å². The van der Waals surface area contributed by atoms with Gasteiger partial charge in [-0.05, 0) is 46.4 Å². The molecule has 2 rings (SSSR count). The zero-order valence-corrected chi connectivity index (χ0v) is 11.1. The van der Waals surface area contributed by atoms with E-state index in [2.05, 4.69) is 37.9 Å². The van der Waals surface area contributed by atoms with Crippen molar-refractivity contribution < 1.29 is 4.79 Å². The van der Waals surface area contributed by atoms with Crippen LogP contribution in [0.1, 0.15) is 16.2 Å². The Hall–Kier alpha value is -1.50. The number of hydrogen-bond acceptors (Lipinski definition) is 3. The summed E-state index contributed by atoms with van der Waals surface area (Å²) < 4.78 is 1.14. The molecule has 1 amide bonds. The first-order valence-electron chi connectivity index (χ1n) is 5.05. The second-order valence-corrected chi connectivity index (χ2v) is 4.63. The summed E-state index contributed by atoms with van der Waals surface area (Å²) in [5.41, 5.74) is 1.06. The molecule has 0 radical (unpaired) electrons. The average Bonchev–Trinajstić information content (AvgIpc) is 2.37. The molecule has 4 nitrogen and oxygen atoms in total. The fourth-order valence-corrected chi connectivity index (χ4v) is 1.93. The topological polar surface area (TPSA) is 54.9 Å². The number of halogens is 1. The van der Waals surface area contributed by atoms with Gasteiger partial charge in [0.2, 0.25) is 5.82 Å². The van der Waals surface area contributed by atoms with E-state index in [9.17, 15) is 4.79 Å². The zero-order chi connectivity index (χ0) is 12.1. The summed E-state index contributed by atoms with van der Waals surface area (Å²) in [6.07, 6.45) is 3.10. The minimum atomic E-state index is -0.260. The Kier molecular flexibility index (Phi) is 4.03. The molecule has 1 aromatic carbocycles. The number of nitrogens with one attached hydrogen (secondary N) is 1. The molecule has 0 atom stereocenters. The lowest BCUT2D eigenvalue weighted by Crippen LogP contribution is -2.24. The van der Waals surface area contributed by atoms with Gasteiger partial charge in [-0.3, -0.25) is 4.79 Å². The predicted molar refractivity (Wildman–Crippen MR) is 72.4 cm³/mol. The molecule has 0 saturated carbocycles. The fraction of sp³-hybridized carbons (Fsp3) is 0.0833. The molecule has 1 aromatic heterocycles. The number of hydrogen-bond donors (Lipinski definition) is 1. The van der Waals surface area contributed by atoms with Gasteiger partial charge in [0.25, 0.3) is 5.91 Å². The quantitative estimate of drug-likeness (QED) is 0.871. The normalized spacial score (nSPS) is 9.94. The number of nitrogens with zero attached hydrogens (tertiary/aromatic N) is 2. The molecular weight excluding hydrogens is 329 g/mol. The van der Waals surface area contributed by atoms with Crippen molar-refractivity contribution in [1.82, 2.24) is 15.3 Å². The van der Waals surface area contributed by atoms with Gasteiger partial charge in [-0.15, -0.1) is 0 Å². The molecule has 0 aliphatic carbocycles. The Bertz CT molecular complexity index is 516. The molecule has 0 aliphatic heterocycles. The average molecular weight is 339 g/mol. The van der Waals surface area contributed by atoms with E-state index < -0.39 is 0 Å². The molecule has 0 bridgehead atoms. The molecule has 5 heteroatoms. The van der Waals surface area contributed by atoms with E-state index in [4.69, 9.17) is 0 Å². The third-order valence-electron chi connectivity index (χ3n) is 2.11. The Morgan fingerprint density at radius 1 is 1.24 bits per heavy atom. The first kappa shape index (κ1) is 12.0. The lowest BCUT2D eigenvalue weighted by molar-refractivity contribution is 0.0940. The first-order valence-corrected chi connectivity index (χ1v) is 6.13. The van der Waals surface area contributed by atoms with Gasteiger partial charge in [0.1, 0.15) is 0 Å². The molecule has 1 heterocycles. The van der Waals surface area contributed by atoms with Crippen LogP contribution in [0.4, 0.5) is 0 Å². The third-order valence-corrected chi connectivity index (χ3v) is 2.78. The van der Waals surface area contributed by atoms with Gasteiger partial charge in [0.05, 0.1) is 0 Å². The lowest BCUT2D eigenvalue weighted by Gasteiger charge is -2.04. The molecule has 17 heavy (non-hydrogen) atoms. The largest absolute Gasteiger partial charge is 0.345 e. The summed E-state index contributed by atoms with van der Waals surface area (Å²) in [6.45, 7) is 0.480. The van der Waals surface area contributed by atoms with Crippen molar-refractivity contribution in [2.45, 2.75) is 6.54 Å². The molecule has 0 aliphatic rings. The summed E-state index contributed by atoms with van der Waals surface area (Å²) >= 11 is 2.24. The van der Waals surface area contributed by atoms with Crippen LogP contribution < -0.4 is 5.32 Å². The van der Waals surface area contributed by atoms with Crippen LogP contribution in [0.2, 0.25) is 0 Å². The van der Waals surface area contributed by atoms with Gasteiger partial charge in [-0.2, -0.15) is 0 Å². The van der Waals surface area contributed by atoms with E-state index in [-0.39, 0.29) is 11.7 Å². The van der Waals surface area contributed by atoms with Crippen LogP contribution in [0.5, 0.6) is 0 Å². The van der Waals surface area contributed by atoms with E-state index in [1.54, 1.807) is 18.5 Å².